The third kappa shape index (κ3) is 2.80. The molecule has 0 aromatic heterocycles. The molecule has 3 nitrogen and oxygen atoms in total. The number of nitrogens with two attached hydrogens (primary N) is 1. The Kier molecular flexibility index (Phi) is 3.02. The molecule has 0 heterocycles. The number of hydrogen-bond acceptors (Lipinski definition) is 2. The van der Waals surface area contributed by atoms with Gasteiger partial charge < -0.3 is 11.1 Å². The monoisotopic (exact) mass is 204 g/mol. The van der Waals surface area contributed by atoms with Crippen LogP contribution >= 0.6 is 0 Å². The normalized spacial score (nSPS) is 15.0. The molecule has 80 valence electrons. The smallest absolute Gasteiger partial charge is 0.251 e. The van der Waals surface area contributed by atoms with Gasteiger partial charge in [-0.3, -0.25) is 4.79 Å². The van der Waals surface area contributed by atoms with Crippen LogP contribution < -0.4 is 11.1 Å². The van der Waals surface area contributed by atoms with Gasteiger partial charge in [0.25, 0.3) is 5.91 Å². The van der Waals surface area contributed by atoms with Crippen molar-refractivity contribution < 1.29 is 4.79 Å². The molecule has 0 radical (unpaired) electrons. The fraction of sp³-hybridized carbons (Fsp3) is 0.417. The SMILES string of the molecule is NCCc1cccc(C(=O)NC2CC2)c1. The summed E-state index contributed by atoms with van der Waals surface area (Å²) in [6, 6.07) is 8.09. The molecule has 1 fully saturated rings. The van der Waals surface area contributed by atoms with Crippen LogP contribution in [0.4, 0.5) is 0 Å². The van der Waals surface area contributed by atoms with Crippen molar-refractivity contribution in [3.63, 3.8) is 0 Å². The summed E-state index contributed by atoms with van der Waals surface area (Å²) in [5.41, 5.74) is 7.35. The number of benzene rings is 1. The van der Waals surface area contributed by atoms with E-state index in [2.05, 4.69) is 5.32 Å². The molecule has 0 aliphatic heterocycles. The summed E-state index contributed by atoms with van der Waals surface area (Å²) < 4.78 is 0. The summed E-state index contributed by atoms with van der Waals surface area (Å²) in [6.07, 6.45) is 3.06. The zero-order chi connectivity index (χ0) is 10.7. The van der Waals surface area contributed by atoms with Gasteiger partial charge in [-0.25, -0.2) is 0 Å². The van der Waals surface area contributed by atoms with Crippen LogP contribution in [-0.2, 0) is 6.42 Å². The van der Waals surface area contributed by atoms with E-state index in [9.17, 15) is 4.79 Å². The fourth-order valence-electron chi connectivity index (χ4n) is 1.53. The second-order valence-electron chi connectivity index (χ2n) is 3.99. The summed E-state index contributed by atoms with van der Waals surface area (Å²) in [5, 5.41) is 2.97. The van der Waals surface area contributed by atoms with Crippen molar-refractivity contribution in [3.8, 4) is 0 Å². The Morgan fingerprint density at radius 3 is 2.93 bits per heavy atom. The van der Waals surface area contributed by atoms with E-state index in [-0.39, 0.29) is 5.91 Å². The lowest BCUT2D eigenvalue weighted by molar-refractivity contribution is 0.0951. The summed E-state index contributed by atoms with van der Waals surface area (Å²) in [7, 11) is 0. The second kappa shape index (κ2) is 4.45. The van der Waals surface area contributed by atoms with E-state index in [1.165, 1.54) is 0 Å². The Hall–Kier alpha value is -1.35. The summed E-state index contributed by atoms with van der Waals surface area (Å²) in [5.74, 6) is 0.0383. The van der Waals surface area contributed by atoms with Crippen molar-refractivity contribution in [2.24, 2.45) is 5.73 Å². The first-order valence-electron chi connectivity index (χ1n) is 5.39. The molecule has 0 spiro atoms. The molecule has 1 aromatic rings. The molecule has 1 aromatic carbocycles. The summed E-state index contributed by atoms with van der Waals surface area (Å²) in [4.78, 5) is 11.7. The second-order valence-corrected chi connectivity index (χ2v) is 3.99. The Morgan fingerprint density at radius 2 is 2.27 bits per heavy atom. The maximum atomic E-state index is 11.7. The van der Waals surface area contributed by atoms with Gasteiger partial charge in [0, 0.05) is 11.6 Å². The molecule has 1 amide bonds. The van der Waals surface area contributed by atoms with Gasteiger partial charge in [0.15, 0.2) is 0 Å². The summed E-state index contributed by atoms with van der Waals surface area (Å²) >= 11 is 0. The topological polar surface area (TPSA) is 55.1 Å². The van der Waals surface area contributed by atoms with Gasteiger partial charge in [0.05, 0.1) is 0 Å². The Labute approximate surface area is 89.7 Å². The van der Waals surface area contributed by atoms with Crippen LogP contribution in [0.2, 0.25) is 0 Å². The van der Waals surface area contributed by atoms with Gasteiger partial charge in [-0.15, -0.1) is 0 Å². The van der Waals surface area contributed by atoms with E-state index in [0.717, 1.165) is 30.4 Å². The molecular weight excluding hydrogens is 188 g/mol. The van der Waals surface area contributed by atoms with E-state index >= 15 is 0 Å². The highest BCUT2D eigenvalue weighted by atomic mass is 16.1. The lowest BCUT2D eigenvalue weighted by Gasteiger charge is -2.05. The highest BCUT2D eigenvalue weighted by molar-refractivity contribution is 5.94. The van der Waals surface area contributed by atoms with Crippen LogP contribution in [0.25, 0.3) is 0 Å². The quantitative estimate of drug-likeness (QED) is 0.771. The van der Waals surface area contributed by atoms with Crippen molar-refractivity contribution in [2.75, 3.05) is 6.54 Å². The molecule has 1 saturated carbocycles. The minimum absolute atomic E-state index is 0.0383. The lowest BCUT2D eigenvalue weighted by atomic mass is 10.1. The summed E-state index contributed by atoms with van der Waals surface area (Å²) in [6.45, 7) is 0.619. The Bertz CT molecular complexity index is 358. The van der Waals surface area contributed by atoms with E-state index < -0.39 is 0 Å². The minimum Gasteiger partial charge on any atom is -0.349 e. The van der Waals surface area contributed by atoms with Crippen LogP contribution in [0.3, 0.4) is 0 Å². The first-order chi connectivity index (χ1) is 7.29. The molecule has 0 saturated heterocycles. The first kappa shape index (κ1) is 10.2. The largest absolute Gasteiger partial charge is 0.349 e. The third-order valence-corrected chi connectivity index (χ3v) is 2.53. The van der Waals surface area contributed by atoms with Crippen LogP contribution in [0.5, 0.6) is 0 Å². The number of hydrogen-bond donors (Lipinski definition) is 2. The van der Waals surface area contributed by atoms with Crippen molar-refractivity contribution >= 4 is 5.91 Å². The van der Waals surface area contributed by atoms with Gasteiger partial charge in [0.1, 0.15) is 0 Å². The van der Waals surface area contributed by atoms with Crippen LogP contribution in [0.15, 0.2) is 24.3 Å². The van der Waals surface area contributed by atoms with Crippen molar-refractivity contribution in [2.45, 2.75) is 25.3 Å². The van der Waals surface area contributed by atoms with E-state index in [1.54, 1.807) is 0 Å². The van der Waals surface area contributed by atoms with Crippen molar-refractivity contribution in [3.05, 3.63) is 35.4 Å². The average Bonchev–Trinajstić information content (AvgIpc) is 3.03. The van der Waals surface area contributed by atoms with Gasteiger partial charge in [-0.05, 0) is 43.5 Å². The number of amides is 1. The van der Waals surface area contributed by atoms with Gasteiger partial charge >= 0.3 is 0 Å². The molecule has 3 heteroatoms. The number of nitrogens with one attached hydrogen (secondary N) is 1. The maximum absolute atomic E-state index is 11.7. The molecule has 0 unspecified atom stereocenters. The molecule has 2 rings (SSSR count). The highest BCUT2D eigenvalue weighted by Crippen LogP contribution is 2.19. The van der Waals surface area contributed by atoms with Crippen molar-refractivity contribution in [1.29, 1.82) is 0 Å². The molecule has 0 atom stereocenters. The van der Waals surface area contributed by atoms with Gasteiger partial charge in [-0.1, -0.05) is 12.1 Å². The first-order valence-corrected chi connectivity index (χ1v) is 5.39. The standard InChI is InChI=1S/C12H16N2O/c13-7-6-9-2-1-3-10(8-9)12(15)14-11-4-5-11/h1-3,8,11H,4-7,13H2,(H,14,15). The van der Waals surface area contributed by atoms with Gasteiger partial charge in [0.2, 0.25) is 0 Å². The molecule has 3 N–H and O–H groups in total. The fourth-order valence-corrected chi connectivity index (χ4v) is 1.53. The lowest BCUT2D eigenvalue weighted by Crippen LogP contribution is -2.25. The van der Waals surface area contributed by atoms with E-state index in [1.807, 2.05) is 24.3 Å². The van der Waals surface area contributed by atoms with Crippen LogP contribution in [-0.4, -0.2) is 18.5 Å². The number of carbonyl (C=O) groups is 1. The third-order valence-electron chi connectivity index (χ3n) is 2.53. The number of carbonyl (C=O) groups excluding carboxylic acids is 1. The zero-order valence-corrected chi connectivity index (χ0v) is 8.70. The Morgan fingerprint density at radius 1 is 1.47 bits per heavy atom. The van der Waals surface area contributed by atoms with E-state index in [0.29, 0.717) is 12.6 Å². The average molecular weight is 204 g/mol. The Balaban J connectivity index is 2.05. The maximum Gasteiger partial charge on any atom is 0.251 e. The highest BCUT2D eigenvalue weighted by Gasteiger charge is 2.23. The molecule has 0 bridgehead atoms. The van der Waals surface area contributed by atoms with Crippen molar-refractivity contribution in [1.82, 2.24) is 5.32 Å². The van der Waals surface area contributed by atoms with Crippen LogP contribution in [0, 0.1) is 0 Å². The molecule has 1 aliphatic carbocycles. The van der Waals surface area contributed by atoms with E-state index in [4.69, 9.17) is 5.73 Å². The predicted octanol–water partition coefficient (Wildman–Crippen LogP) is 1.08. The number of rotatable bonds is 4. The molecule has 15 heavy (non-hydrogen) atoms. The predicted molar refractivity (Wildman–Crippen MR) is 59.7 cm³/mol. The minimum atomic E-state index is 0.0383. The molecular formula is C12H16N2O. The zero-order valence-electron chi connectivity index (χ0n) is 8.70. The van der Waals surface area contributed by atoms with Crippen LogP contribution in [0.1, 0.15) is 28.8 Å². The van der Waals surface area contributed by atoms with Gasteiger partial charge in [-0.2, -0.15) is 0 Å². The molecule has 1 aliphatic rings.